The molecule has 2 aromatic rings. The minimum Gasteiger partial charge on any atom is -0.469 e. The number of ether oxygens (including phenoxy) is 1. The fourth-order valence-corrected chi connectivity index (χ4v) is 4.78. The van der Waals surface area contributed by atoms with E-state index in [0.717, 1.165) is 0 Å². The van der Waals surface area contributed by atoms with Crippen LogP contribution in [0.1, 0.15) is 18.2 Å². The number of esters is 1. The van der Waals surface area contributed by atoms with E-state index in [1.54, 1.807) is 19.1 Å². The van der Waals surface area contributed by atoms with E-state index in [-0.39, 0.29) is 36.2 Å². The van der Waals surface area contributed by atoms with Gasteiger partial charge in [0.1, 0.15) is 29.5 Å². The van der Waals surface area contributed by atoms with Gasteiger partial charge >= 0.3 is 5.97 Å². The fourth-order valence-electron chi connectivity index (χ4n) is 3.49. The highest BCUT2D eigenvalue weighted by Crippen LogP contribution is 2.40. The van der Waals surface area contributed by atoms with Gasteiger partial charge in [0, 0.05) is 17.9 Å². The van der Waals surface area contributed by atoms with Gasteiger partial charge in [-0.25, -0.2) is 4.79 Å². The van der Waals surface area contributed by atoms with Crippen molar-refractivity contribution in [3.05, 3.63) is 75.4 Å². The molecule has 10 nitrogen and oxygen atoms in total. The molecule has 0 aliphatic carbocycles. The molecule has 1 unspecified atom stereocenters. The molecule has 1 aromatic carbocycles. The molecule has 2 aliphatic rings. The number of nitrogens with one attached hydrogen (secondary N) is 1. The SMILES string of the molecule is CC1=C(C(=O)OCc2ccc([N+](=O)[O-])cc2)N2C(=O)C(NC(=O)Cc3ccco3)[C@H]2SC1. The van der Waals surface area contributed by atoms with Crippen LogP contribution in [0.25, 0.3) is 0 Å². The Bertz CT molecular complexity index is 1100. The van der Waals surface area contributed by atoms with Crippen LogP contribution in [0.4, 0.5) is 5.69 Å². The van der Waals surface area contributed by atoms with Crippen molar-refractivity contribution in [3.8, 4) is 0 Å². The summed E-state index contributed by atoms with van der Waals surface area (Å²) in [6.45, 7) is 1.67. The number of hydrogen-bond donors (Lipinski definition) is 1. The molecule has 2 amide bonds. The molecule has 1 aromatic heterocycles. The summed E-state index contributed by atoms with van der Waals surface area (Å²) in [7, 11) is 0. The number of non-ortho nitro benzene ring substituents is 1. The summed E-state index contributed by atoms with van der Waals surface area (Å²) in [4.78, 5) is 49.3. The van der Waals surface area contributed by atoms with Crippen molar-refractivity contribution in [1.82, 2.24) is 10.2 Å². The largest absolute Gasteiger partial charge is 0.469 e. The predicted octanol–water partition coefficient (Wildman–Crippen LogP) is 2.15. The Morgan fingerprint density at radius 3 is 2.72 bits per heavy atom. The van der Waals surface area contributed by atoms with E-state index in [4.69, 9.17) is 9.15 Å². The number of thioether (sulfide) groups is 1. The second-order valence-electron chi connectivity index (χ2n) is 7.34. The van der Waals surface area contributed by atoms with E-state index < -0.39 is 22.3 Å². The number of carbonyl (C=O) groups is 3. The number of nitrogens with zero attached hydrogens (tertiary/aromatic N) is 2. The van der Waals surface area contributed by atoms with E-state index >= 15 is 0 Å². The molecule has 1 fully saturated rings. The van der Waals surface area contributed by atoms with Crippen LogP contribution < -0.4 is 5.32 Å². The van der Waals surface area contributed by atoms with Crippen LogP contribution in [-0.4, -0.2) is 44.8 Å². The Morgan fingerprint density at radius 2 is 2.06 bits per heavy atom. The lowest BCUT2D eigenvalue weighted by Crippen LogP contribution is -2.70. The average molecular weight is 457 g/mol. The number of nitro benzene ring substituents is 1. The van der Waals surface area contributed by atoms with E-state index in [1.165, 1.54) is 47.2 Å². The molecule has 2 aliphatic heterocycles. The van der Waals surface area contributed by atoms with Gasteiger partial charge in [-0.2, -0.15) is 0 Å². The summed E-state index contributed by atoms with van der Waals surface area (Å²) in [5.41, 5.74) is 1.41. The molecule has 3 heterocycles. The highest BCUT2D eigenvalue weighted by Gasteiger charge is 2.53. The Morgan fingerprint density at radius 1 is 1.31 bits per heavy atom. The van der Waals surface area contributed by atoms with Gasteiger partial charge in [0.15, 0.2) is 0 Å². The van der Waals surface area contributed by atoms with Gasteiger partial charge in [-0.1, -0.05) is 0 Å². The van der Waals surface area contributed by atoms with Crippen LogP contribution >= 0.6 is 11.8 Å². The van der Waals surface area contributed by atoms with Crippen LogP contribution in [-0.2, 0) is 32.1 Å². The minimum absolute atomic E-state index is 0.0210. The lowest BCUT2D eigenvalue weighted by Gasteiger charge is -2.49. The van der Waals surface area contributed by atoms with Gasteiger partial charge in [0.25, 0.3) is 11.6 Å². The standard InChI is InChI=1S/C21H19N3O7S/c1-12-11-32-20-17(22-16(25)9-15-3-2-8-30-15)19(26)23(20)18(12)21(27)31-10-13-4-6-14(7-5-13)24(28)29/h2-8,17,20H,9-11H2,1H3,(H,22,25)/t17?,20-/m1/s1. The number of furan rings is 1. The van der Waals surface area contributed by atoms with Crippen molar-refractivity contribution in [2.45, 2.75) is 31.4 Å². The van der Waals surface area contributed by atoms with Crippen LogP contribution in [0.2, 0.25) is 0 Å². The Balaban J connectivity index is 1.38. The van der Waals surface area contributed by atoms with Crippen LogP contribution in [0.3, 0.4) is 0 Å². The number of rotatable bonds is 7. The monoisotopic (exact) mass is 457 g/mol. The number of benzene rings is 1. The Hall–Kier alpha value is -3.60. The number of nitro groups is 1. The first-order chi connectivity index (χ1) is 15.3. The van der Waals surface area contributed by atoms with Crippen LogP contribution in [0.15, 0.2) is 58.3 Å². The number of hydrogen-bond acceptors (Lipinski definition) is 8. The smallest absolute Gasteiger partial charge is 0.355 e. The van der Waals surface area contributed by atoms with E-state index in [9.17, 15) is 24.5 Å². The van der Waals surface area contributed by atoms with Gasteiger partial charge in [-0.3, -0.25) is 24.6 Å². The molecule has 4 rings (SSSR count). The Kier molecular flexibility index (Phi) is 5.99. The predicted molar refractivity (Wildman–Crippen MR) is 113 cm³/mol. The molecular weight excluding hydrogens is 438 g/mol. The van der Waals surface area contributed by atoms with Gasteiger partial charge in [0.2, 0.25) is 5.91 Å². The van der Waals surface area contributed by atoms with Crippen LogP contribution in [0, 0.1) is 10.1 Å². The maximum atomic E-state index is 12.7. The van der Waals surface area contributed by atoms with E-state index in [0.29, 0.717) is 22.6 Å². The molecular formula is C21H19N3O7S. The third-order valence-electron chi connectivity index (χ3n) is 5.10. The third-order valence-corrected chi connectivity index (χ3v) is 6.52. The summed E-state index contributed by atoms with van der Waals surface area (Å²) in [5, 5.41) is 13.1. The molecule has 32 heavy (non-hydrogen) atoms. The number of carbonyl (C=O) groups excluding carboxylic acids is 3. The van der Waals surface area contributed by atoms with Crippen molar-refractivity contribution < 1.29 is 28.5 Å². The highest BCUT2D eigenvalue weighted by molar-refractivity contribution is 8.00. The Labute approximate surface area is 186 Å². The number of fused-ring (bicyclic) bond motifs is 1. The summed E-state index contributed by atoms with van der Waals surface area (Å²) >= 11 is 1.46. The lowest BCUT2D eigenvalue weighted by molar-refractivity contribution is -0.384. The van der Waals surface area contributed by atoms with E-state index in [2.05, 4.69) is 5.32 Å². The average Bonchev–Trinajstić information content (AvgIpc) is 3.28. The van der Waals surface area contributed by atoms with Gasteiger partial charge < -0.3 is 14.5 Å². The second kappa shape index (κ2) is 8.87. The van der Waals surface area contributed by atoms with Gasteiger partial charge in [0.05, 0.1) is 17.6 Å². The molecule has 166 valence electrons. The molecule has 0 bridgehead atoms. The molecule has 0 spiro atoms. The molecule has 0 radical (unpaired) electrons. The minimum atomic E-state index is -0.729. The van der Waals surface area contributed by atoms with Crippen LogP contribution in [0.5, 0.6) is 0 Å². The zero-order chi connectivity index (χ0) is 22.8. The summed E-state index contributed by atoms with van der Waals surface area (Å²) in [6.07, 6.45) is 1.49. The van der Waals surface area contributed by atoms with Crippen molar-refractivity contribution >= 4 is 35.2 Å². The van der Waals surface area contributed by atoms with E-state index in [1.807, 2.05) is 0 Å². The van der Waals surface area contributed by atoms with Gasteiger partial charge in [-0.05, 0) is 42.3 Å². The molecule has 0 saturated carbocycles. The normalized spacial score (nSPS) is 19.8. The number of amides is 2. The summed E-state index contributed by atoms with van der Waals surface area (Å²) in [5.74, 6) is -0.363. The fraction of sp³-hybridized carbons (Fsp3) is 0.286. The zero-order valence-electron chi connectivity index (χ0n) is 17.0. The van der Waals surface area contributed by atoms with Crippen molar-refractivity contribution in [3.63, 3.8) is 0 Å². The third kappa shape index (κ3) is 4.24. The lowest BCUT2D eigenvalue weighted by atomic mass is 10.0. The van der Waals surface area contributed by atoms with Crippen molar-refractivity contribution in [1.29, 1.82) is 0 Å². The molecule has 2 atom stereocenters. The first kappa shape index (κ1) is 21.6. The maximum absolute atomic E-state index is 12.7. The van der Waals surface area contributed by atoms with Crippen molar-refractivity contribution in [2.24, 2.45) is 0 Å². The summed E-state index contributed by atoms with van der Waals surface area (Å²) in [6, 6.07) is 8.30. The maximum Gasteiger partial charge on any atom is 0.355 e. The molecule has 1 saturated heterocycles. The topological polar surface area (TPSA) is 132 Å². The van der Waals surface area contributed by atoms with Crippen molar-refractivity contribution in [2.75, 3.05) is 5.75 Å². The summed E-state index contributed by atoms with van der Waals surface area (Å²) < 4.78 is 10.5. The molecule has 1 N–H and O–H groups in total. The quantitative estimate of drug-likeness (QED) is 0.289. The van der Waals surface area contributed by atoms with Gasteiger partial charge in [-0.15, -0.1) is 11.8 Å². The molecule has 11 heteroatoms. The highest BCUT2D eigenvalue weighted by atomic mass is 32.2. The number of β-lactam (4-membered cyclic amide) rings is 1. The zero-order valence-corrected chi connectivity index (χ0v) is 17.8. The second-order valence-corrected chi connectivity index (χ2v) is 8.44. The first-order valence-corrected chi connectivity index (χ1v) is 10.8. The first-order valence-electron chi connectivity index (χ1n) is 9.72.